The van der Waals surface area contributed by atoms with Crippen LogP contribution in [0.1, 0.15) is 31.2 Å². The molecule has 0 unspecified atom stereocenters. The van der Waals surface area contributed by atoms with E-state index in [-0.39, 0.29) is 5.41 Å². The molecule has 1 heterocycles. The minimum atomic E-state index is 0.199. The Bertz CT molecular complexity index is 538. The van der Waals surface area contributed by atoms with Gasteiger partial charge in [0.15, 0.2) is 0 Å². The summed E-state index contributed by atoms with van der Waals surface area (Å²) in [5.74, 6) is 0. The van der Waals surface area contributed by atoms with Gasteiger partial charge in [-0.3, -0.25) is 0 Å². The number of hydrogen-bond donors (Lipinski definition) is 2. The van der Waals surface area contributed by atoms with Crippen LogP contribution in [0, 0.1) is 0 Å². The second kappa shape index (κ2) is 4.14. The van der Waals surface area contributed by atoms with Crippen LogP contribution in [0.2, 0.25) is 0 Å². The highest BCUT2D eigenvalue weighted by atomic mass is 79.9. The Morgan fingerprint density at radius 2 is 2.06 bits per heavy atom. The Kier molecular flexibility index (Phi) is 2.75. The SMILES string of the molecule is NCC1(c2cccc3[nH]cc(Br)c23)CCCC1. The average molecular weight is 293 g/mol. The van der Waals surface area contributed by atoms with Gasteiger partial charge in [-0.25, -0.2) is 0 Å². The molecule has 0 radical (unpaired) electrons. The normalized spacial score (nSPS) is 18.9. The van der Waals surface area contributed by atoms with E-state index in [0.717, 1.165) is 11.0 Å². The maximum atomic E-state index is 6.09. The van der Waals surface area contributed by atoms with Gasteiger partial charge in [-0.15, -0.1) is 0 Å². The minimum absolute atomic E-state index is 0.199. The van der Waals surface area contributed by atoms with Gasteiger partial charge in [-0.2, -0.15) is 0 Å². The molecular formula is C14H17BrN2. The van der Waals surface area contributed by atoms with Crippen molar-refractivity contribution in [2.24, 2.45) is 5.73 Å². The van der Waals surface area contributed by atoms with Gasteiger partial charge in [-0.1, -0.05) is 25.0 Å². The van der Waals surface area contributed by atoms with E-state index in [1.54, 1.807) is 0 Å². The monoisotopic (exact) mass is 292 g/mol. The van der Waals surface area contributed by atoms with Crippen LogP contribution in [0.15, 0.2) is 28.9 Å². The van der Waals surface area contributed by atoms with Gasteiger partial charge in [0.1, 0.15) is 0 Å². The van der Waals surface area contributed by atoms with Crippen LogP contribution < -0.4 is 5.73 Å². The number of fused-ring (bicyclic) bond motifs is 1. The quantitative estimate of drug-likeness (QED) is 0.871. The summed E-state index contributed by atoms with van der Waals surface area (Å²) in [6, 6.07) is 6.51. The number of aromatic nitrogens is 1. The Hall–Kier alpha value is -0.800. The lowest BCUT2D eigenvalue weighted by molar-refractivity contribution is 0.457. The van der Waals surface area contributed by atoms with Crippen molar-refractivity contribution in [1.82, 2.24) is 4.98 Å². The third kappa shape index (κ3) is 1.64. The second-order valence-corrected chi connectivity index (χ2v) is 5.91. The molecule has 0 saturated heterocycles. The van der Waals surface area contributed by atoms with Gasteiger partial charge in [-0.05, 0) is 40.4 Å². The highest BCUT2D eigenvalue weighted by Crippen LogP contribution is 2.44. The topological polar surface area (TPSA) is 41.8 Å². The number of rotatable bonds is 2. The van der Waals surface area contributed by atoms with Crippen LogP contribution in [-0.4, -0.2) is 11.5 Å². The van der Waals surface area contributed by atoms with Gasteiger partial charge in [0.05, 0.1) is 0 Å². The van der Waals surface area contributed by atoms with Gasteiger partial charge >= 0.3 is 0 Å². The molecule has 0 atom stereocenters. The first kappa shape index (κ1) is 11.3. The predicted molar refractivity (Wildman–Crippen MR) is 75.2 cm³/mol. The molecule has 1 fully saturated rings. The van der Waals surface area contributed by atoms with Crippen molar-refractivity contribution in [3.8, 4) is 0 Å². The molecule has 0 spiro atoms. The van der Waals surface area contributed by atoms with Crippen molar-refractivity contribution in [1.29, 1.82) is 0 Å². The largest absolute Gasteiger partial charge is 0.360 e. The molecule has 17 heavy (non-hydrogen) atoms. The Balaban J connectivity index is 2.25. The van der Waals surface area contributed by atoms with E-state index < -0.39 is 0 Å². The maximum absolute atomic E-state index is 6.09. The molecule has 0 bridgehead atoms. The number of H-pyrrole nitrogens is 1. The zero-order valence-corrected chi connectivity index (χ0v) is 11.4. The van der Waals surface area contributed by atoms with E-state index in [4.69, 9.17) is 5.73 Å². The summed E-state index contributed by atoms with van der Waals surface area (Å²) in [5, 5.41) is 1.32. The number of nitrogens with two attached hydrogens (primary N) is 1. The van der Waals surface area contributed by atoms with Gasteiger partial charge < -0.3 is 10.7 Å². The van der Waals surface area contributed by atoms with Gasteiger partial charge in [0, 0.05) is 33.5 Å². The van der Waals surface area contributed by atoms with Crippen LogP contribution in [0.5, 0.6) is 0 Å². The van der Waals surface area contributed by atoms with Crippen molar-refractivity contribution in [2.75, 3.05) is 6.54 Å². The molecule has 3 heteroatoms. The van der Waals surface area contributed by atoms with E-state index >= 15 is 0 Å². The van der Waals surface area contributed by atoms with Crippen LogP contribution in [0.3, 0.4) is 0 Å². The molecule has 3 N–H and O–H groups in total. The fourth-order valence-electron chi connectivity index (χ4n) is 3.22. The smallest absolute Gasteiger partial charge is 0.0468 e. The van der Waals surface area contributed by atoms with Crippen molar-refractivity contribution in [3.05, 3.63) is 34.4 Å². The molecule has 3 rings (SSSR count). The highest BCUT2D eigenvalue weighted by Gasteiger charge is 2.35. The standard InChI is InChI=1S/C14H17BrN2/c15-11-8-17-12-5-3-4-10(13(11)12)14(9-16)6-1-2-7-14/h3-5,8,17H,1-2,6-7,9,16H2. The van der Waals surface area contributed by atoms with Crippen molar-refractivity contribution in [3.63, 3.8) is 0 Å². The summed E-state index contributed by atoms with van der Waals surface area (Å²) in [4.78, 5) is 3.31. The third-order valence-electron chi connectivity index (χ3n) is 4.18. The van der Waals surface area contributed by atoms with Crippen LogP contribution in [0.4, 0.5) is 0 Å². The fraction of sp³-hybridized carbons (Fsp3) is 0.429. The molecule has 1 aromatic carbocycles. The summed E-state index contributed by atoms with van der Waals surface area (Å²) in [5.41, 5.74) is 8.91. The van der Waals surface area contributed by atoms with E-state index in [9.17, 15) is 0 Å². The maximum Gasteiger partial charge on any atom is 0.0468 e. The zero-order chi connectivity index (χ0) is 11.9. The minimum Gasteiger partial charge on any atom is -0.360 e. The van der Waals surface area contributed by atoms with Gasteiger partial charge in [0.25, 0.3) is 0 Å². The number of hydrogen-bond acceptors (Lipinski definition) is 1. The lowest BCUT2D eigenvalue weighted by atomic mass is 9.77. The molecule has 1 saturated carbocycles. The Morgan fingerprint density at radius 1 is 1.29 bits per heavy atom. The Labute approximate surface area is 110 Å². The molecule has 2 nitrogen and oxygen atoms in total. The summed E-state index contributed by atoms with van der Waals surface area (Å²) in [7, 11) is 0. The van der Waals surface area contributed by atoms with Crippen LogP contribution in [-0.2, 0) is 5.41 Å². The lowest BCUT2D eigenvalue weighted by Crippen LogP contribution is -2.32. The number of nitrogens with one attached hydrogen (secondary N) is 1. The number of aromatic amines is 1. The number of benzene rings is 1. The number of halogens is 1. The van der Waals surface area contributed by atoms with Crippen molar-refractivity contribution >= 4 is 26.8 Å². The lowest BCUT2D eigenvalue weighted by Gasteiger charge is -2.28. The Morgan fingerprint density at radius 3 is 2.76 bits per heavy atom. The molecule has 1 aliphatic carbocycles. The van der Waals surface area contributed by atoms with E-state index in [2.05, 4.69) is 39.1 Å². The third-order valence-corrected chi connectivity index (χ3v) is 4.81. The molecule has 1 aromatic heterocycles. The van der Waals surface area contributed by atoms with Crippen LogP contribution >= 0.6 is 15.9 Å². The molecule has 0 aliphatic heterocycles. The zero-order valence-electron chi connectivity index (χ0n) is 9.80. The van der Waals surface area contributed by atoms with Gasteiger partial charge in [0.2, 0.25) is 0 Å². The van der Waals surface area contributed by atoms with E-state index in [0.29, 0.717) is 0 Å². The van der Waals surface area contributed by atoms with Crippen molar-refractivity contribution < 1.29 is 0 Å². The van der Waals surface area contributed by atoms with E-state index in [1.165, 1.54) is 42.1 Å². The molecule has 90 valence electrons. The summed E-state index contributed by atoms with van der Waals surface area (Å²) < 4.78 is 1.16. The summed E-state index contributed by atoms with van der Waals surface area (Å²) in [6.07, 6.45) is 7.07. The predicted octanol–water partition coefficient (Wildman–Crippen LogP) is 3.70. The van der Waals surface area contributed by atoms with Crippen LogP contribution in [0.25, 0.3) is 10.9 Å². The molecule has 0 amide bonds. The molecular weight excluding hydrogens is 276 g/mol. The first-order chi connectivity index (χ1) is 8.27. The molecule has 2 aromatic rings. The first-order valence-corrected chi connectivity index (χ1v) is 7.02. The summed E-state index contributed by atoms with van der Waals surface area (Å²) in [6.45, 7) is 0.754. The second-order valence-electron chi connectivity index (χ2n) is 5.06. The highest BCUT2D eigenvalue weighted by molar-refractivity contribution is 9.10. The molecule has 1 aliphatic rings. The first-order valence-electron chi connectivity index (χ1n) is 6.23. The van der Waals surface area contributed by atoms with Crippen molar-refractivity contribution in [2.45, 2.75) is 31.1 Å². The van der Waals surface area contributed by atoms with E-state index in [1.807, 2.05) is 6.20 Å². The fourth-order valence-corrected chi connectivity index (χ4v) is 3.76. The average Bonchev–Trinajstić information content (AvgIpc) is 2.97. The summed E-state index contributed by atoms with van der Waals surface area (Å²) >= 11 is 3.65.